The first-order valence-electron chi connectivity index (χ1n) is 14.6. The van der Waals surface area contributed by atoms with E-state index in [1.165, 1.54) is 30.7 Å². The average molecular weight is 569 g/mol. The first-order valence-corrected chi connectivity index (χ1v) is 14.6. The van der Waals surface area contributed by atoms with Crippen molar-refractivity contribution in [3.05, 3.63) is 119 Å². The van der Waals surface area contributed by atoms with Crippen LogP contribution in [0.5, 0.6) is 0 Å². The molecule has 1 N–H and O–H groups in total. The summed E-state index contributed by atoms with van der Waals surface area (Å²) in [5.41, 5.74) is 2.76. The molecule has 2 aromatic rings. The molecule has 0 radical (unpaired) electrons. The third kappa shape index (κ3) is 6.04. The Hall–Kier alpha value is -4.17. The molecule has 1 saturated heterocycles. The molecular formula is C34H34F2N4O2. The van der Waals surface area contributed by atoms with Gasteiger partial charge in [-0.3, -0.25) is 19.5 Å². The van der Waals surface area contributed by atoms with Gasteiger partial charge in [0, 0.05) is 18.0 Å². The largest absolute Gasteiger partial charge is 0.348 e. The van der Waals surface area contributed by atoms with E-state index in [1.54, 1.807) is 30.3 Å². The Bertz CT molecular complexity index is 1470. The zero-order valence-corrected chi connectivity index (χ0v) is 23.3. The zero-order valence-electron chi connectivity index (χ0n) is 23.3. The molecule has 4 unspecified atom stereocenters. The van der Waals surface area contributed by atoms with Gasteiger partial charge < -0.3 is 10.2 Å². The Kier molecular flexibility index (Phi) is 8.24. The van der Waals surface area contributed by atoms with Crippen LogP contribution in [0.1, 0.15) is 30.4 Å². The van der Waals surface area contributed by atoms with Crippen LogP contribution in [0.15, 0.2) is 102 Å². The van der Waals surface area contributed by atoms with Crippen molar-refractivity contribution < 1.29 is 18.4 Å². The van der Waals surface area contributed by atoms with Gasteiger partial charge in [-0.05, 0) is 67.4 Å². The molecule has 4 atom stereocenters. The van der Waals surface area contributed by atoms with Crippen LogP contribution in [-0.4, -0.2) is 65.1 Å². The minimum Gasteiger partial charge on any atom is -0.348 e. The Balaban J connectivity index is 1.33. The number of nitrogens with zero attached hydrogens (tertiary/aromatic N) is 3. The van der Waals surface area contributed by atoms with E-state index in [0.717, 1.165) is 42.8 Å². The SMILES string of the molecule is O=C(NCc1ccc(F)cc1)C1=CC2N=C(c3ccc(F)cc3)C3C=CC=CC3N(C(=O)CN3CCCCC3)C2C=C1. The van der Waals surface area contributed by atoms with Gasteiger partial charge in [0.05, 0.1) is 30.4 Å². The quantitative estimate of drug-likeness (QED) is 0.548. The van der Waals surface area contributed by atoms with E-state index in [2.05, 4.69) is 16.3 Å². The number of allylic oxidation sites excluding steroid dienone is 2. The Morgan fingerprint density at radius 3 is 2.29 bits per heavy atom. The standard InChI is InChI=1S/C34H34F2N4O2/c35-26-13-8-23(9-14-26)21-37-34(42)25-12-17-31-29(20-25)38-33(24-10-15-27(36)16-11-24)28-6-2-3-7-30(28)40(31)32(41)22-39-18-4-1-5-19-39/h2-3,6-17,20,28-31H,1,4-5,18-19,21-22H2,(H,37,42). The van der Waals surface area contributed by atoms with Crippen molar-refractivity contribution in [1.29, 1.82) is 0 Å². The molecule has 0 saturated carbocycles. The number of benzene rings is 2. The van der Waals surface area contributed by atoms with Crippen LogP contribution in [0, 0.1) is 17.6 Å². The second kappa shape index (κ2) is 12.4. The molecule has 0 bridgehead atoms. The molecule has 216 valence electrons. The number of carbonyl (C=O) groups excluding carboxylic acids is 2. The number of rotatable bonds is 6. The van der Waals surface area contributed by atoms with Crippen LogP contribution in [0.4, 0.5) is 8.78 Å². The van der Waals surface area contributed by atoms with Crippen LogP contribution >= 0.6 is 0 Å². The van der Waals surface area contributed by atoms with Gasteiger partial charge in [-0.15, -0.1) is 0 Å². The van der Waals surface area contributed by atoms with Crippen LogP contribution in [0.3, 0.4) is 0 Å². The molecule has 1 fully saturated rings. The second-order valence-electron chi connectivity index (χ2n) is 11.2. The smallest absolute Gasteiger partial charge is 0.251 e. The number of carbonyl (C=O) groups is 2. The van der Waals surface area contributed by atoms with Crippen LogP contribution in [0.2, 0.25) is 0 Å². The minimum atomic E-state index is -0.515. The summed E-state index contributed by atoms with van der Waals surface area (Å²) in [4.78, 5) is 36.6. The lowest BCUT2D eigenvalue weighted by Crippen LogP contribution is -2.55. The van der Waals surface area contributed by atoms with Gasteiger partial charge >= 0.3 is 0 Å². The topological polar surface area (TPSA) is 65.0 Å². The predicted octanol–water partition coefficient (Wildman–Crippen LogP) is 4.74. The predicted molar refractivity (Wildman–Crippen MR) is 159 cm³/mol. The summed E-state index contributed by atoms with van der Waals surface area (Å²) < 4.78 is 27.2. The van der Waals surface area contributed by atoms with Crippen molar-refractivity contribution in [2.24, 2.45) is 10.9 Å². The molecule has 2 heterocycles. The molecular weight excluding hydrogens is 534 g/mol. The molecule has 2 amide bonds. The van der Waals surface area contributed by atoms with E-state index in [1.807, 2.05) is 35.3 Å². The number of nitrogens with one attached hydrogen (secondary N) is 1. The van der Waals surface area contributed by atoms with E-state index in [4.69, 9.17) is 4.99 Å². The molecule has 4 aliphatic rings. The molecule has 2 aliphatic carbocycles. The maximum atomic E-state index is 14.1. The lowest BCUT2D eigenvalue weighted by Gasteiger charge is -2.40. The number of fused-ring (bicyclic) bond motifs is 2. The van der Waals surface area contributed by atoms with Crippen molar-refractivity contribution in [3.8, 4) is 0 Å². The third-order valence-corrected chi connectivity index (χ3v) is 8.39. The monoisotopic (exact) mass is 568 g/mol. The van der Waals surface area contributed by atoms with Gasteiger partial charge in [0.25, 0.3) is 5.91 Å². The lowest BCUT2D eigenvalue weighted by molar-refractivity contribution is -0.136. The molecule has 6 rings (SSSR count). The Morgan fingerprint density at radius 1 is 0.857 bits per heavy atom. The van der Waals surface area contributed by atoms with Crippen LogP contribution in [-0.2, 0) is 16.1 Å². The van der Waals surface area contributed by atoms with E-state index < -0.39 is 12.1 Å². The van der Waals surface area contributed by atoms with E-state index >= 15 is 0 Å². The number of hydrogen-bond donors (Lipinski definition) is 1. The molecule has 2 aromatic carbocycles. The van der Waals surface area contributed by atoms with Crippen molar-refractivity contribution in [2.75, 3.05) is 19.6 Å². The number of hydrogen-bond acceptors (Lipinski definition) is 4. The van der Waals surface area contributed by atoms with Crippen molar-refractivity contribution >= 4 is 17.5 Å². The number of likely N-dealkylation sites (tertiary alicyclic amines) is 1. The first-order chi connectivity index (χ1) is 20.5. The van der Waals surface area contributed by atoms with Crippen LogP contribution < -0.4 is 5.32 Å². The van der Waals surface area contributed by atoms with E-state index in [9.17, 15) is 18.4 Å². The molecule has 0 spiro atoms. The third-order valence-electron chi connectivity index (χ3n) is 8.39. The highest BCUT2D eigenvalue weighted by atomic mass is 19.1. The van der Waals surface area contributed by atoms with Crippen molar-refractivity contribution in [3.63, 3.8) is 0 Å². The Labute approximate surface area is 244 Å². The highest BCUT2D eigenvalue weighted by Gasteiger charge is 2.42. The van der Waals surface area contributed by atoms with Gasteiger partial charge in [0.2, 0.25) is 5.91 Å². The van der Waals surface area contributed by atoms with Crippen molar-refractivity contribution in [1.82, 2.24) is 15.1 Å². The van der Waals surface area contributed by atoms with Crippen LogP contribution in [0.25, 0.3) is 0 Å². The summed E-state index contributed by atoms with van der Waals surface area (Å²) in [5.74, 6) is -1.14. The Morgan fingerprint density at radius 2 is 1.55 bits per heavy atom. The highest BCUT2D eigenvalue weighted by molar-refractivity contribution is 6.05. The van der Waals surface area contributed by atoms with Gasteiger partial charge in [0.1, 0.15) is 11.6 Å². The maximum absolute atomic E-state index is 14.1. The molecule has 0 aromatic heterocycles. The highest BCUT2D eigenvalue weighted by Crippen LogP contribution is 2.34. The fourth-order valence-corrected chi connectivity index (χ4v) is 6.23. The minimum absolute atomic E-state index is 0.0275. The summed E-state index contributed by atoms with van der Waals surface area (Å²) >= 11 is 0. The number of piperidine rings is 1. The summed E-state index contributed by atoms with van der Waals surface area (Å²) in [6.45, 7) is 2.40. The summed E-state index contributed by atoms with van der Waals surface area (Å²) in [7, 11) is 0. The van der Waals surface area contributed by atoms with E-state index in [0.29, 0.717) is 12.1 Å². The molecule has 6 nitrogen and oxygen atoms in total. The molecule has 2 aliphatic heterocycles. The second-order valence-corrected chi connectivity index (χ2v) is 11.2. The number of halogens is 2. The normalized spacial score (nSPS) is 25.1. The number of aliphatic imine (C=N–C) groups is 1. The molecule has 42 heavy (non-hydrogen) atoms. The fourth-order valence-electron chi connectivity index (χ4n) is 6.23. The summed E-state index contributed by atoms with van der Waals surface area (Å²) in [6.07, 6.45) is 16.9. The van der Waals surface area contributed by atoms with Gasteiger partial charge in [0.15, 0.2) is 0 Å². The molecule has 8 heteroatoms. The summed E-state index contributed by atoms with van der Waals surface area (Å²) in [5, 5.41) is 2.91. The number of amides is 2. The lowest BCUT2D eigenvalue weighted by atomic mass is 9.85. The summed E-state index contributed by atoms with van der Waals surface area (Å²) in [6, 6.07) is 11.1. The van der Waals surface area contributed by atoms with Gasteiger partial charge in [-0.1, -0.05) is 67.1 Å². The fraction of sp³-hybridized carbons (Fsp3) is 0.324. The first kappa shape index (κ1) is 28.0. The zero-order chi connectivity index (χ0) is 29.1. The van der Waals surface area contributed by atoms with E-state index in [-0.39, 0.29) is 42.0 Å². The maximum Gasteiger partial charge on any atom is 0.251 e. The van der Waals surface area contributed by atoms with Crippen molar-refractivity contribution in [2.45, 2.75) is 43.9 Å². The van der Waals surface area contributed by atoms with Gasteiger partial charge in [-0.2, -0.15) is 0 Å². The average Bonchev–Trinajstić information content (AvgIpc) is 3.16. The van der Waals surface area contributed by atoms with Gasteiger partial charge in [-0.25, -0.2) is 8.78 Å².